The van der Waals surface area contributed by atoms with E-state index in [1.807, 2.05) is 7.05 Å². The number of hydrogen-bond acceptors (Lipinski definition) is 3. The molecule has 3 nitrogen and oxygen atoms in total. The Morgan fingerprint density at radius 1 is 1.44 bits per heavy atom. The first kappa shape index (κ1) is 13.9. The van der Waals surface area contributed by atoms with Gasteiger partial charge in [-0.2, -0.15) is 0 Å². The highest BCUT2D eigenvalue weighted by molar-refractivity contribution is 4.84. The van der Waals surface area contributed by atoms with Crippen LogP contribution in [0.2, 0.25) is 0 Å². The third-order valence-corrected chi connectivity index (χ3v) is 4.12. The van der Waals surface area contributed by atoms with Crippen LogP contribution in [-0.4, -0.2) is 48.3 Å². The van der Waals surface area contributed by atoms with E-state index in [9.17, 15) is 5.11 Å². The van der Waals surface area contributed by atoms with Crippen molar-refractivity contribution in [3.63, 3.8) is 0 Å². The topological polar surface area (TPSA) is 35.5 Å². The van der Waals surface area contributed by atoms with Gasteiger partial charge in [0.15, 0.2) is 0 Å². The van der Waals surface area contributed by atoms with Gasteiger partial charge in [0.05, 0.1) is 6.61 Å². The molecule has 1 rings (SSSR count). The SMILES string of the molecule is CCC1CCCCN1CCC(C)(CO)NC. The summed E-state index contributed by atoms with van der Waals surface area (Å²) in [5.74, 6) is 0. The van der Waals surface area contributed by atoms with E-state index in [0.29, 0.717) is 0 Å². The van der Waals surface area contributed by atoms with Gasteiger partial charge in [-0.05, 0) is 46.2 Å². The van der Waals surface area contributed by atoms with Crippen molar-refractivity contribution in [2.45, 2.75) is 57.5 Å². The molecule has 0 aliphatic carbocycles. The minimum Gasteiger partial charge on any atom is -0.394 e. The molecular formula is C13H28N2O. The third kappa shape index (κ3) is 3.72. The second-order valence-electron chi connectivity index (χ2n) is 5.31. The zero-order valence-corrected chi connectivity index (χ0v) is 11.1. The molecule has 0 bridgehead atoms. The number of likely N-dealkylation sites (tertiary alicyclic amines) is 1. The highest BCUT2D eigenvalue weighted by Gasteiger charge is 2.25. The van der Waals surface area contributed by atoms with E-state index in [2.05, 4.69) is 24.1 Å². The molecule has 0 amide bonds. The number of nitrogens with one attached hydrogen (secondary N) is 1. The van der Waals surface area contributed by atoms with Gasteiger partial charge >= 0.3 is 0 Å². The number of rotatable bonds is 6. The molecule has 1 aliphatic rings. The highest BCUT2D eigenvalue weighted by atomic mass is 16.3. The van der Waals surface area contributed by atoms with Gasteiger partial charge in [-0.1, -0.05) is 13.3 Å². The minimum atomic E-state index is -0.115. The molecule has 0 aromatic carbocycles. The lowest BCUT2D eigenvalue weighted by Crippen LogP contribution is -2.48. The standard InChI is InChI=1S/C13H28N2O/c1-4-12-7-5-6-9-15(12)10-8-13(2,11-16)14-3/h12,14,16H,4-11H2,1-3H3. The molecule has 2 unspecified atom stereocenters. The van der Waals surface area contributed by atoms with E-state index >= 15 is 0 Å². The van der Waals surface area contributed by atoms with Gasteiger partial charge in [0.25, 0.3) is 0 Å². The predicted molar refractivity (Wildman–Crippen MR) is 68.7 cm³/mol. The van der Waals surface area contributed by atoms with Crippen LogP contribution in [0.25, 0.3) is 0 Å². The maximum absolute atomic E-state index is 9.36. The maximum Gasteiger partial charge on any atom is 0.0610 e. The molecule has 1 aliphatic heterocycles. The normalized spacial score (nSPS) is 26.6. The predicted octanol–water partition coefficient (Wildman–Crippen LogP) is 1.61. The number of aliphatic hydroxyl groups is 1. The van der Waals surface area contributed by atoms with Gasteiger partial charge < -0.3 is 15.3 Å². The monoisotopic (exact) mass is 228 g/mol. The molecule has 3 heteroatoms. The summed E-state index contributed by atoms with van der Waals surface area (Å²) in [6, 6.07) is 0.772. The largest absolute Gasteiger partial charge is 0.394 e. The maximum atomic E-state index is 9.36. The Labute approximate surface area is 100 Å². The average Bonchev–Trinajstić information content (AvgIpc) is 2.36. The molecule has 1 saturated heterocycles. The van der Waals surface area contributed by atoms with Gasteiger partial charge in [-0.3, -0.25) is 0 Å². The van der Waals surface area contributed by atoms with Gasteiger partial charge in [0, 0.05) is 18.1 Å². The molecule has 1 heterocycles. The molecule has 96 valence electrons. The highest BCUT2D eigenvalue weighted by Crippen LogP contribution is 2.21. The molecule has 16 heavy (non-hydrogen) atoms. The van der Waals surface area contributed by atoms with Crippen molar-refractivity contribution < 1.29 is 5.11 Å². The minimum absolute atomic E-state index is 0.115. The van der Waals surface area contributed by atoms with Crippen molar-refractivity contribution in [1.82, 2.24) is 10.2 Å². The Kier molecular flexibility index (Phi) is 5.73. The van der Waals surface area contributed by atoms with Gasteiger partial charge in [-0.15, -0.1) is 0 Å². The van der Waals surface area contributed by atoms with Crippen LogP contribution in [0.3, 0.4) is 0 Å². The lowest BCUT2D eigenvalue weighted by Gasteiger charge is -2.38. The molecule has 1 fully saturated rings. The Balaban J connectivity index is 2.40. The molecule has 0 aromatic rings. The summed E-state index contributed by atoms with van der Waals surface area (Å²) in [5.41, 5.74) is -0.115. The number of piperidine rings is 1. The van der Waals surface area contributed by atoms with Crippen LogP contribution >= 0.6 is 0 Å². The number of hydrogen-bond donors (Lipinski definition) is 2. The quantitative estimate of drug-likeness (QED) is 0.725. The van der Waals surface area contributed by atoms with E-state index in [4.69, 9.17) is 0 Å². The fourth-order valence-electron chi connectivity index (χ4n) is 2.49. The summed E-state index contributed by atoms with van der Waals surface area (Å²) < 4.78 is 0. The third-order valence-electron chi connectivity index (χ3n) is 4.12. The summed E-state index contributed by atoms with van der Waals surface area (Å²) in [4.78, 5) is 2.61. The summed E-state index contributed by atoms with van der Waals surface area (Å²) >= 11 is 0. The van der Waals surface area contributed by atoms with Crippen LogP contribution < -0.4 is 5.32 Å². The first-order valence-electron chi connectivity index (χ1n) is 6.69. The van der Waals surface area contributed by atoms with Crippen LogP contribution in [0.4, 0.5) is 0 Å². The number of aliphatic hydroxyl groups excluding tert-OH is 1. The molecule has 2 N–H and O–H groups in total. The Hall–Kier alpha value is -0.120. The van der Waals surface area contributed by atoms with Gasteiger partial charge in [0.1, 0.15) is 0 Å². The zero-order chi connectivity index (χ0) is 12.0. The van der Waals surface area contributed by atoms with Crippen molar-refractivity contribution in [3.05, 3.63) is 0 Å². The van der Waals surface area contributed by atoms with Crippen molar-refractivity contribution in [2.75, 3.05) is 26.7 Å². The van der Waals surface area contributed by atoms with Crippen molar-refractivity contribution in [2.24, 2.45) is 0 Å². The van der Waals surface area contributed by atoms with Gasteiger partial charge in [-0.25, -0.2) is 0 Å². The van der Waals surface area contributed by atoms with Gasteiger partial charge in [0.2, 0.25) is 0 Å². The number of nitrogens with zero attached hydrogens (tertiary/aromatic N) is 1. The lowest BCUT2D eigenvalue weighted by molar-refractivity contribution is 0.108. The molecule has 0 radical (unpaired) electrons. The van der Waals surface area contributed by atoms with E-state index in [1.165, 1.54) is 32.2 Å². The molecular weight excluding hydrogens is 200 g/mol. The van der Waals surface area contributed by atoms with Crippen LogP contribution in [0.1, 0.15) is 46.0 Å². The fourth-order valence-corrected chi connectivity index (χ4v) is 2.49. The Bertz CT molecular complexity index is 192. The van der Waals surface area contributed by atoms with Crippen LogP contribution in [0, 0.1) is 0 Å². The van der Waals surface area contributed by atoms with E-state index in [0.717, 1.165) is 19.0 Å². The van der Waals surface area contributed by atoms with Crippen molar-refractivity contribution >= 4 is 0 Å². The first-order chi connectivity index (χ1) is 7.65. The number of likely N-dealkylation sites (N-methyl/N-ethyl adjacent to an activating group) is 1. The summed E-state index contributed by atoms with van der Waals surface area (Å²) in [5, 5.41) is 12.6. The van der Waals surface area contributed by atoms with E-state index in [1.54, 1.807) is 0 Å². The van der Waals surface area contributed by atoms with E-state index < -0.39 is 0 Å². The smallest absolute Gasteiger partial charge is 0.0610 e. The summed E-state index contributed by atoms with van der Waals surface area (Å²) in [6.07, 6.45) is 6.36. The second kappa shape index (κ2) is 6.58. The molecule has 0 spiro atoms. The molecule has 0 saturated carbocycles. The molecule has 0 aromatic heterocycles. The van der Waals surface area contributed by atoms with Crippen molar-refractivity contribution in [1.29, 1.82) is 0 Å². The van der Waals surface area contributed by atoms with Crippen LogP contribution in [0.15, 0.2) is 0 Å². The van der Waals surface area contributed by atoms with Crippen LogP contribution in [-0.2, 0) is 0 Å². The summed E-state index contributed by atoms with van der Waals surface area (Å²) in [7, 11) is 1.93. The van der Waals surface area contributed by atoms with Crippen molar-refractivity contribution in [3.8, 4) is 0 Å². The second-order valence-corrected chi connectivity index (χ2v) is 5.31. The Morgan fingerprint density at radius 2 is 2.19 bits per heavy atom. The average molecular weight is 228 g/mol. The zero-order valence-electron chi connectivity index (χ0n) is 11.1. The van der Waals surface area contributed by atoms with Crippen LogP contribution in [0.5, 0.6) is 0 Å². The van der Waals surface area contributed by atoms with E-state index in [-0.39, 0.29) is 12.1 Å². The lowest BCUT2D eigenvalue weighted by atomic mass is 9.95. The summed E-state index contributed by atoms with van der Waals surface area (Å²) in [6.45, 7) is 6.94. The molecule has 2 atom stereocenters. The first-order valence-corrected chi connectivity index (χ1v) is 6.69. The Morgan fingerprint density at radius 3 is 2.75 bits per heavy atom. The fraction of sp³-hybridized carbons (Fsp3) is 1.00.